The largest absolute Gasteiger partial charge is 0.349 e. The number of nitrogens with one attached hydrogen (secondary N) is 1. The van der Waals surface area contributed by atoms with E-state index >= 15 is 0 Å². The molecule has 0 saturated heterocycles. The first-order valence-electron chi connectivity index (χ1n) is 8.55. The van der Waals surface area contributed by atoms with Crippen molar-refractivity contribution in [3.8, 4) is 0 Å². The fraction of sp³-hybridized carbons (Fsp3) is 0.250. The van der Waals surface area contributed by atoms with Gasteiger partial charge in [0.1, 0.15) is 0 Å². The number of nitrogens with zero attached hydrogens (tertiary/aromatic N) is 3. The van der Waals surface area contributed by atoms with E-state index in [4.69, 9.17) is 11.6 Å². The normalized spacial score (nSPS) is 12.3. The monoisotopic (exact) mass is 384 g/mol. The first kappa shape index (κ1) is 19.1. The SMILES string of the molecule is CN(C)[C@@H](CNC(=O)c1nn(C)c(=O)c2ccccc12)c1ccccc1Cl. The number of hydrogen-bond acceptors (Lipinski definition) is 4. The summed E-state index contributed by atoms with van der Waals surface area (Å²) in [5, 5.41) is 8.75. The highest BCUT2D eigenvalue weighted by Gasteiger charge is 2.20. The van der Waals surface area contributed by atoms with Crippen LogP contribution in [0.2, 0.25) is 5.02 Å². The predicted molar refractivity (Wildman–Crippen MR) is 107 cm³/mol. The zero-order valence-corrected chi connectivity index (χ0v) is 16.2. The van der Waals surface area contributed by atoms with E-state index in [2.05, 4.69) is 10.4 Å². The minimum absolute atomic E-state index is 0.0959. The maximum atomic E-state index is 12.8. The molecule has 1 N–H and O–H groups in total. The molecule has 0 unspecified atom stereocenters. The van der Waals surface area contributed by atoms with Gasteiger partial charge in [0.2, 0.25) is 0 Å². The number of hydrogen-bond donors (Lipinski definition) is 1. The molecule has 0 bridgehead atoms. The van der Waals surface area contributed by atoms with Crippen LogP contribution in [0.1, 0.15) is 22.1 Å². The number of benzene rings is 2. The molecule has 0 aliphatic rings. The van der Waals surface area contributed by atoms with Gasteiger partial charge in [-0.1, -0.05) is 48.0 Å². The van der Waals surface area contributed by atoms with Crippen molar-refractivity contribution < 1.29 is 4.79 Å². The number of carbonyl (C=O) groups excluding carboxylic acids is 1. The van der Waals surface area contributed by atoms with E-state index < -0.39 is 0 Å². The van der Waals surface area contributed by atoms with E-state index in [1.807, 2.05) is 43.3 Å². The van der Waals surface area contributed by atoms with E-state index in [0.717, 1.165) is 5.56 Å². The lowest BCUT2D eigenvalue weighted by Gasteiger charge is -2.26. The maximum absolute atomic E-state index is 12.8. The maximum Gasteiger partial charge on any atom is 0.274 e. The van der Waals surface area contributed by atoms with Gasteiger partial charge in [-0.15, -0.1) is 0 Å². The Bertz CT molecular complexity index is 1050. The second kappa shape index (κ2) is 7.90. The number of amides is 1. The highest BCUT2D eigenvalue weighted by Crippen LogP contribution is 2.25. The number of aryl methyl sites for hydroxylation is 1. The molecule has 0 spiro atoms. The van der Waals surface area contributed by atoms with Gasteiger partial charge >= 0.3 is 0 Å². The Labute approximate surface area is 162 Å². The van der Waals surface area contributed by atoms with E-state index in [1.165, 1.54) is 11.7 Å². The minimum atomic E-state index is -0.333. The van der Waals surface area contributed by atoms with Crippen molar-refractivity contribution in [2.24, 2.45) is 7.05 Å². The number of carbonyl (C=O) groups is 1. The number of fused-ring (bicyclic) bond motifs is 1. The van der Waals surface area contributed by atoms with Crippen molar-refractivity contribution in [1.82, 2.24) is 20.0 Å². The third-order valence-electron chi connectivity index (χ3n) is 4.52. The third kappa shape index (κ3) is 3.86. The second-order valence-electron chi connectivity index (χ2n) is 6.53. The Morgan fingerprint density at radius 1 is 1.15 bits per heavy atom. The first-order valence-corrected chi connectivity index (χ1v) is 8.93. The lowest BCUT2D eigenvalue weighted by atomic mass is 10.1. The zero-order valence-electron chi connectivity index (χ0n) is 15.4. The average molecular weight is 385 g/mol. The van der Waals surface area contributed by atoms with Gasteiger partial charge in [-0.2, -0.15) is 5.10 Å². The fourth-order valence-corrected chi connectivity index (χ4v) is 3.32. The minimum Gasteiger partial charge on any atom is -0.349 e. The highest BCUT2D eigenvalue weighted by atomic mass is 35.5. The van der Waals surface area contributed by atoms with Gasteiger partial charge in [0.05, 0.1) is 11.4 Å². The van der Waals surface area contributed by atoms with Crippen LogP contribution in [0.15, 0.2) is 53.3 Å². The Morgan fingerprint density at radius 3 is 2.44 bits per heavy atom. The molecule has 1 amide bonds. The van der Waals surface area contributed by atoms with Gasteiger partial charge < -0.3 is 10.2 Å². The van der Waals surface area contributed by atoms with Gasteiger partial charge in [-0.3, -0.25) is 9.59 Å². The van der Waals surface area contributed by atoms with Crippen molar-refractivity contribution in [2.45, 2.75) is 6.04 Å². The van der Waals surface area contributed by atoms with Gasteiger partial charge in [0.15, 0.2) is 5.69 Å². The van der Waals surface area contributed by atoms with E-state index in [0.29, 0.717) is 22.3 Å². The van der Waals surface area contributed by atoms with Crippen LogP contribution in [0, 0.1) is 0 Å². The van der Waals surface area contributed by atoms with Crippen LogP contribution >= 0.6 is 11.6 Å². The summed E-state index contributed by atoms with van der Waals surface area (Å²) in [6.07, 6.45) is 0. The quantitative estimate of drug-likeness (QED) is 0.734. The molecule has 6 nitrogen and oxygen atoms in total. The van der Waals surface area contributed by atoms with Gasteiger partial charge in [0.25, 0.3) is 11.5 Å². The standard InChI is InChI=1S/C20H21ClN4O2/c1-24(2)17(15-10-6-7-11-16(15)21)12-22-19(26)18-13-8-4-5-9-14(13)20(27)25(3)23-18/h4-11,17H,12H2,1-3H3,(H,22,26)/t17-/m0/s1. The van der Waals surface area contributed by atoms with Crippen molar-refractivity contribution in [2.75, 3.05) is 20.6 Å². The summed E-state index contributed by atoms with van der Waals surface area (Å²) in [6, 6.07) is 14.5. The Morgan fingerprint density at radius 2 is 1.78 bits per heavy atom. The van der Waals surface area contributed by atoms with E-state index in [9.17, 15) is 9.59 Å². The molecule has 140 valence electrons. The van der Waals surface area contributed by atoms with Crippen molar-refractivity contribution in [3.05, 3.63) is 75.2 Å². The van der Waals surface area contributed by atoms with Crippen molar-refractivity contribution in [1.29, 1.82) is 0 Å². The van der Waals surface area contributed by atoms with Crippen molar-refractivity contribution >= 4 is 28.3 Å². The molecule has 0 aliphatic heterocycles. The first-order chi connectivity index (χ1) is 12.9. The van der Waals surface area contributed by atoms with Crippen LogP contribution in [0.25, 0.3) is 10.8 Å². The molecule has 1 heterocycles. The summed E-state index contributed by atoms with van der Waals surface area (Å²) in [5.41, 5.74) is 0.927. The molecule has 3 aromatic rings. The van der Waals surface area contributed by atoms with Gasteiger partial charge in [-0.05, 0) is 31.8 Å². The topological polar surface area (TPSA) is 67.2 Å². The smallest absolute Gasteiger partial charge is 0.274 e. The number of rotatable bonds is 5. The van der Waals surface area contributed by atoms with Gasteiger partial charge in [-0.25, -0.2) is 4.68 Å². The van der Waals surface area contributed by atoms with Crippen molar-refractivity contribution in [3.63, 3.8) is 0 Å². The summed E-state index contributed by atoms with van der Waals surface area (Å²) in [7, 11) is 5.40. The molecule has 0 saturated carbocycles. The lowest BCUT2D eigenvalue weighted by Crippen LogP contribution is -2.36. The molecular formula is C20H21ClN4O2. The van der Waals surface area contributed by atoms with Gasteiger partial charge in [0, 0.05) is 24.0 Å². The molecule has 3 rings (SSSR count). The number of likely N-dealkylation sites (N-methyl/N-ethyl adjacent to an activating group) is 1. The Kier molecular flexibility index (Phi) is 5.58. The highest BCUT2D eigenvalue weighted by molar-refractivity contribution is 6.31. The Balaban J connectivity index is 1.90. The summed E-state index contributed by atoms with van der Waals surface area (Å²) >= 11 is 6.32. The second-order valence-corrected chi connectivity index (χ2v) is 6.94. The predicted octanol–water partition coefficient (Wildman–Crippen LogP) is 2.62. The molecule has 1 aromatic heterocycles. The van der Waals surface area contributed by atoms with Crippen LogP contribution in [-0.4, -0.2) is 41.2 Å². The van der Waals surface area contributed by atoms with Crippen LogP contribution < -0.4 is 10.9 Å². The molecule has 1 atom stereocenters. The third-order valence-corrected chi connectivity index (χ3v) is 4.86. The van der Waals surface area contributed by atoms with E-state index in [-0.39, 0.29) is 23.2 Å². The molecular weight excluding hydrogens is 364 g/mol. The molecule has 0 fully saturated rings. The van der Waals surface area contributed by atoms with Crippen LogP contribution in [0.3, 0.4) is 0 Å². The van der Waals surface area contributed by atoms with Crippen LogP contribution in [-0.2, 0) is 7.05 Å². The molecule has 0 radical (unpaired) electrons. The molecule has 0 aliphatic carbocycles. The molecule has 7 heteroatoms. The van der Waals surface area contributed by atoms with Crippen LogP contribution in [0.4, 0.5) is 0 Å². The fourth-order valence-electron chi connectivity index (χ4n) is 3.06. The summed E-state index contributed by atoms with van der Waals surface area (Å²) in [4.78, 5) is 27.0. The van der Waals surface area contributed by atoms with Crippen LogP contribution in [0.5, 0.6) is 0 Å². The molecule has 2 aromatic carbocycles. The van der Waals surface area contributed by atoms with E-state index in [1.54, 1.807) is 24.3 Å². The summed E-state index contributed by atoms with van der Waals surface area (Å²) < 4.78 is 1.19. The summed E-state index contributed by atoms with van der Waals surface area (Å²) in [6.45, 7) is 0.356. The lowest BCUT2D eigenvalue weighted by molar-refractivity contribution is 0.0936. The zero-order chi connectivity index (χ0) is 19.6. The summed E-state index contributed by atoms with van der Waals surface area (Å²) in [5.74, 6) is -0.333. The number of halogens is 1. The molecule has 27 heavy (non-hydrogen) atoms. The number of aromatic nitrogens is 2. The Hall–Kier alpha value is -2.70. The average Bonchev–Trinajstić information content (AvgIpc) is 2.65.